The topological polar surface area (TPSA) is 102 Å². The number of amides is 2. The highest BCUT2D eigenvalue weighted by molar-refractivity contribution is 5.80. The van der Waals surface area contributed by atoms with Crippen LogP contribution in [0.3, 0.4) is 0 Å². The summed E-state index contributed by atoms with van der Waals surface area (Å²) < 4.78 is 4.96. The van der Waals surface area contributed by atoms with Crippen molar-refractivity contribution in [2.24, 2.45) is 5.73 Å². The Morgan fingerprint density at radius 1 is 1.53 bits per heavy atom. The second-order valence-electron chi connectivity index (χ2n) is 3.31. The molecule has 0 fully saturated rings. The Kier molecular flexibility index (Phi) is 6.64. The zero-order chi connectivity index (χ0) is 11.8. The number of nitrogens with one attached hydrogen (secondary N) is 1. The van der Waals surface area contributed by atoms with Crippen molar-refractivity contribution in [3.8, 4) is 0 Å². The summed E-state index contributed by atoms with van der Waals surface area (Å²) in [5, 5.41) is 11.4. The van der Waals surface area contributed by atoms with Gasteiger partial charge in [-0.25, -0.2) is 0 Å². The summed E-state index contributed by atoms with van der Waals surface area (Å²) in [7, 11) is 1.57. The molecule has 2 unspecified atom stereocenters. The van der Waals surface area contributed by atoms with E-state index in [4.69, 9.17) is 15.6 Å². The second kappa shape index (κ2) is 7.19. The Labute approximate surface area is 88.8 Å². The van der Waals surface area contributed by atoms with Gasteiger partial charge in [0.05, 0.1) is 12.6 Å². The number of methoxy groups -OCH3 is 1. The Bertz CT molecular complexity index is 220. The fourth-order valence-corrected chi connectivity index (χ4v) is 0.852. The summed E-state index contributed by atoms with van der Waals surface area (Å²) in [6.07, 6.45) is -0.430. The lowest BCUT2D eigenvalue weighted by molar-refractivity contribution is -0.127. The van der Waals surface area contributed by atoms with Crippen molar-refractivity contribution < 1.29 is 19.4 Å². The monoisotopic (exact) mass is 218 g/mol. The highest BCUT2D eigenvalue weighted by Gasteiger charge is 2.12. The summed E-state index contributed by atoms with van der Waals surface area (Å²) >= 11 is 0. The average molecular weight is 218 g/mol. The first kappa shape index (κ1) is 13.9. The SMILES string of the molecule is COC(C)CCC(=O)NCC(O)C(N)=O. The van der Waals surface area contributed by atoms with Gasteiger partial charge < -0.3 is 20.9 Å². The molecule has 0 aliphatic heterocycles. The van der Waals surface area contributed by atoms with E-state index in [0.717, 1.165) is 0 Å². The lowest BCUT2D eigenvalue weighted by atomic mass is 10.2. The second-order valence-corrected chi connectivity index (χ2v) is 3.31. The molecule has 0 aliphatic rings. The van der Waals surface area contributed by atoms with Crippen molar-refractivity contribution in [3.63, 3.8) is 0 Å². The molecule has 0 saturated carbocycles. The molecule has 6 nitrogen and oxygen atoms in total. The van der Waals surface area contributed by atoms with Gasteiger partial charge in [-0.1, -0.05) is 0 Å². The normalized spacial score (nSPS) is 14.3. The Morgan fingerprint density at radius 2 is 2.13 bits per heavy atom. The van der Waals surface area contributed by atoms with Crippen molar-refractivity contribution in [1.82, 2.24) is 5.32 Å². The molecule has 0 aromatic rings. The van der Waals surface area contributed by atoms with E-state index in [1.165, 1.54) is 0 Å². The molecule has 4 N–H and O–H groups in total. The van der Waals surface area contributed by atoms with Crippen LogP contribution in [0.25, 0.3) is 0 Å². The predicted octanol–water partition coefficient (Wildman–Crippen LogP) is -1.24. The summed E-state index contributed by atoms with van der Waals surface area (Å²) in [6.45, 7) is 1.71. The molecule has 0 aromatic heterocycles. The average Bonchev–Trinajstić information content (AvgIpc) is 2.21. The Morgan fingerprint density at radius 3 is 2.60 bits per heavy atom. The van der Waals surface area contributed by atoms with Gasteiger partial charge in [-0.2, -0.15) is 0 Å². The largest absolute Gasteiger partial charge is 0.382 e. The molecule has 6 heteroatoms. The minimum Gasteiger partial charge on any atom is -0.382 e. The van der Waals surface area contributed by atoms with Crippen molar-refractivity contribution in [1.29, 1.82) is 0 Å². The van der Waals surface area contributed by atoms with E-state index >= 15 is 0 Å². The van der Waals surface area contributed by atoms with Crippen LogP contribution in [0.1, 0.15) is 19.8 Å². The van der Waals surface area contributed by atoms with Gasteiger partial charge in [-0.3, -0.25) is 9.59 Å². The van der Waals surface area contributed by atoms with Crippen LogP contribution in [0.4, 0.5) is 0 Å². The van der Waals surface area contributed by atoms with Crippen LogP contribution >= 0.6 is 0 Å². The summed E-state index contributed by atoms with van der Waals surface area (Å²) in [5.41, 5.74) is 4.81. The van der Waals surface area contributed by atoms with E-state index in [1.807, 2.05) is 6.92 Å². The predicted molar refractivity (Wildman–Crippen MR) is 53.9 cm³/mol. The molecule has 88 valence electrons. The third-order valence-electron chi connectivity index (χ3n) is 2.00. The lowest BCUT2D eigenvalue weighted by Crippen LogP contribution is -2.40. The van der Waals surface area contributed by atoms with Gasteiger partial charge in [0.15, 0.2) is 0 Å². The zero-order valence-electron chi connectivity index (χ0n) is 9.03. The van der Waals surface area contributed by atoms with Crippen LogP contribution in [-0.4, -0.2) is 42.8 Å². The summed E-state index contributed by atoms with van der Waals surface area (Å²) in [4.78, 5) is 21.6. The van der Waals surface area contributed by atoms with Crippen molar-refractivity contribution in [2.45, 2.75) is 32.0 Å². The van der Waals surface area contributed by atoms with Gasteiger partial charge in [0.25, 0.3) is 0 Å². The molecular weight excluding hydrogens is 200 g/mol. The number of rotatable bonds is 7. The van der Waals surface area contributed by atoms with Crippen LogP contribution in [0, 0.1) is 0 Å². The molecule has 0 aliphatic carbocycles. The first-order chi connectivity index (χ1) is 6.97. The minimum absolute atomic E-state index is 0.0109. The van der Waals surface area contributed by atoms with Crippen LogP contribution in [0.2, 0.25) is 0 Å². The van der Waals surface area contributed by atoms with E-state index < -0.39 is 12.0 Å². The van der Waals surface area contributed by atoms with E-state index in [0.29, 0.717) is 12.8 Å². The van der Waals surface area contributed by atoms with Crippen LogP contribution in [-0.2, 0) is 14.3 Å². The van der Waals surface area contributed by atoms with Crippen LogP contribution in [0.5, 0.6) is 0 Å². The maximum Gasteiger partial charge on any atom is 0.248 e. The smallest absolute Gasteiger partial charge is 0.248 e. The van der Waals surface area contributed by atoms with Gasteiger partial charge in [0, 0.05) is 13.5 Å². The highest BCUT2D eigenvalue weighted by atomic mass is 16.5. The molecular formula is C9H18N2O4. The maximum atomic E-state index is 11.2. The third-order valence-corrected chi connectivity index (χ3v) is 2.00. The molecule has 0 bridgehead atoms. The number of hydrogen-bond donors (Lipinski definition) is 3. The zero-order valence-corrected chi connectivity index (χ0v) is 9.03. The highest BCUT2D eigenvalue weighted by Crippen LogP contribution is 1.99. The Balaban J connectivity index is 3.62. The Hall–Kier alpha value is -1.14. The molecule has 0 aromatic carbocycles. The van der Waals surface area contributed by atoms with Gasteiger partial charge >= 0.3 is 0 Å². The molecule has 0 radical (unpaired) electrons. The first-order valence-corrected chi connectivity index (χ1v) is 4.74. The summed E-state index contributed by atoms with van der Waals surface area (Å²) in [6, 6.07) is 0. The molecule has 0 spiro atoms. The molecule has 0 saturated heterocycles. The van der Waals surface area contributed by atoms with E-state index in [-0.39, 0.29) is 18.6 Å². The van der Waals surface area contributed by atoms with Gasteiger partial charge in [0.2, 0.25) is 11.8 Å². The van der Waals surface area contributed by atoms with Gasteiger partial charge in [-0.15, -0.1) is 0 Å². The fourth-order valence-electron chi connectivity index (χ4n) is 0.852. The number of aliphatic hydroxyl groups excluding tert-OH is 1. The number of aliphatic hydroxyl groups is 1. The molecule has 15 heavy (non-hydrogen) atoms. The lowest BCUT2D eigenvalue weighted by Gasteiger charge is -2.10. The quantitative estimate of drug-likeness (QED) is 0.497. The number of carbonyl (C=O) groups is 2. The molecule has 2 amide bonds. The third kappa shape index (κ3) is 6.87. The minimum atomic E-state index is -1.33. The number of nitrogens with two attached hydrogens (primary N) is 1. The number of primary amides is 1. The van der Waals surface area contributed by atoms with Crippen molar-refractivity contribution in [2.75, 3.05) is 13.7 Å². The van der Waals surface area contributed by atoms with Crippen molar-refractivity contribution in [3.05, 3.63) is 0 Å². The summed E-state index contributed by atoms with van der Waals surface area (Å²) in [5.74, 6) is -1.08. The van der Waals surface area contributed by atoms with Crippen LogP contribution < -0.4 is 11.1 Å². The standard InChI is InChI=1S/C9H18N2O4/c1-6(15-2)3-4-8(13)11-5-7(12)9(10)14/h6-7,12H,3-5H2,1-2H3,(H2,10,14)(H,11,13). The number of carbonyl (C=O) groups excluding carboxylic acids is 2. The maximum absolute atomic E-state index is 11.2. The molecule has 2 atom stereocenters. The first-order valence-electron chi connectivity index (χ1n) is 4.74. The number of hydrogen-bond acceptors (Lipinski definition) is 4. The molecule has 0 heterocycles. The van der Waals surface area contributed by atoms with Crippen molar-refractivity contribution >= 4 is 11.8 Å². The van der Waals surface area contributed by atoms with E-state index in [2.05, 4.69) is 5.32 Å². The van der Waals surface area contributed by atoms with Crippen LogP contribution in [0.15, 0.2) is 0 Å². The van der Waals surface area contributed by atoms with E-state index in [1.54, 1.807) is 7.11 Å². The number of ether oxygens (including phenoxy) is 1. The molecule has 0 rings (SSSR count). The van der Waals surface area contributed by atoms with Gasteiger partial charge in [0.1, 0.15) is 6.10 Å². The van der Waals surface area contributed by atoms with E-state index in [9.17, 15) is 9.59 Å². The van der Waals surface area contributed by atoms with Gasteiger partial charge in [-0.05, 0) is 13.3 Å². The fraction of sp³-hybridized carbons (Fsp3) is 0.778.